The molecule has 0 aliphatic carbocycles. The van der Waals surface area contributed by atoms with Crippen LogP contribution in [-0.2, 0) is 6.42 Å². The summed E-state index contributed by atoms with van der Waals surface area (Å²) >= 11 is 0. The molecule has 1 saturated heterocycles. The molecule has 1 fully saturated rings. The maximum absolute atomic E-state index is 5.98. The van der Waals surface area contributed by atoms with E-state index >= 15 is 0 Å². The van der Waals surface area contributed by atoms with Crippen LogP contribution in [0.2, 0.25) is 0 Å². The summed E-state index contributed by atoms with van der Waals surface area (Å²) in [5, 5.41) is 0. The summed E-state index contributed by atoms with van der Waals surface area (Å²) in [6, 6.07) is 5.67. The predicted octanol–water partition coefficient (Wildman–Crippen LogP) is 0.708. The molecule has 5 nitrogen and oxygen atoms in total. The van der Waals surface area contributed by atoms with E-state index in [1.807, 2.05) is 18.2 Å². The van der Waals surface area contributed by atoms with E-state index in [1.54, 1.807) is 0 Å². The first kappa shape index (κ1) is 13.7. The van der Waals surface area contributed by atoms with Gasteiger partial charge in [0.15, 0.2) is 6.23 Å². The number of ether oxygens (including phenoxy) is 2. The van der Waals surface area contributed by atoms with E-state index in [-0.39, 0.29) is 6.04 Å². The Morgan fingerprint density at radius 3 is 2.85 bits per heavy atom. The zero-order valence-corrected chi connectivity index (χ0v) is 11.8. The largest absolute Gasteiger partial charge is 0.492 e. The number of hydrogen-bond donors (Lipinski definition) is 2. The van der Waals surface area contributed by atoms with Gasteiger partial charge in [-0.3, -0.25) is 10.6 Å². The molecule has 20 heavy (non-hydrogen) atoms. The SMILES string of the molecule is NC1Oc2cccc(OCCN3CCCC3)c2C[C@@H]1N. The molecule has 110 valence electrons. The highest BCUT2D eigenvalue weighted by Crippen LogP contribution is 2.33. The molecular formula is C15H23N3O2. The van der Waals surface area contributed by atoms with Crippen molar-refractivity contribution < 1.29 is 9.47 Å². The van der Waals surface area contributed by atoms with E-state index in [4.69, 9.17) is 20.9 Å². The van der Waals surface area contributed by atoms with Crippen molar-refractivity contribution in [3.05, 3.63) is 23.8 Å². The number of nitrogens with two attached hydrogens (primary N) is 2. The monoisotopic (exact) mass is 277 g/mol. The number of likely N-dealkylation sites (tertiary alicyclic amines) is 1. The van der Waals surface area contributed by atoms with Crippen LogP contribution in [0.1, 0.15) is 18.4 Å². The summed E-state index contributed by atoms with van der Waals surface area (Å²) in [5.41, 5.74) is 12.9. The van der Waals surface area contributed by atoms with Crippen molar-refractivity contribution in [3.63, 3.8) is 0 Å². The Bertz CT molecular complexity index is 460. The molecule has 0 amide bonds. The van der Waals surface area contributed by atoms with Crippen molar-refractivity contribution in [1.29, 1.82) is 0 Å². The van der Waals surface area contributed by atoms with Crippen LogP contribution >= 0.6 is 0 Å². The molecule has 2 aliphatic rings. The van der Waals surface area contributed by atoms with Gasteiger partial charge < -0.3 is 15.2 Å². The highest BCUT2D eigenvalue weighted by atomic mass is 16.5. The fourth-order valence-electron chi connectivity index (χ4n) is 2.87. The van der Waals surface area contributed by atoms with Gasteiger partial charge in [-0.2, -0.15) is 0 Å². The van der Waals surface area contributed by atoms with Gasteiger partial charge in [0.25, 0.3) is 0 Å². The topological polar surface area (TPSA) is 73.7 Å². The van der Waals surface area contributed by atoms with Gasteiger partial charge in [-0.05, 0) is 44.5 Å². The van der Waals surface area contributed by atoms with Crippen LogP contribution in [0.25, 0.3) is 0 Å². The number of rotatable bonds is 4. The fraction of sp³-hybridized carbons (Fsp3) is 0.600. The van der Waals surface area contributed by atoms with E-state index in [2.05, 4.69) is 4.90 Å². The van der Waals surface area contributed by atoms with Crippen molar-refractivity contribution in [3.8, 4) is 11.5 Å². The van der Waals surface area contributed by atoms with E-state index in [1.165, 1.54) is 25.9 Å². The van der Waals surface area contributed by atoms with Crippen LogP contribution < -0.4 is 20.9 Å². The van der Waals surface area contributed by atoms with Gasteiger partial charge in [0.2, 0.25) is 0 Å². The van der Waals surface area contributed by atoms with Gasteiger partial charge in [-0.1, -0.05) is 6.07 Å². The second-order valence-corrected chi connectivity index (χ2v) is 5.58. The summed E-state index contributed by atoms with van der Waals surface area (Å²) < 4.78 is 11.6. The molecule has 1 unspecified atom stereocenters. The van der Waals surface area contributed by atoms with Crippen molar-refractivity contribution in [2.24, 2.45) is 11.5 Å². The third-order valence-electron chi connectivity index (χ3n) is 4.08. The maximum Gasteiger partial charge on any atom is 0.163 e. The normalized spacial score (nSPS) is 26.1. The van der Waals surface area contributed by atoms with E-state index in [9.17, 15) is 0 Å². The quantitative estimate of drug-likeness (QED) is 0.848. The minimum absolute atomic E-state index is 0.175. The van der Waals surface area contributed by atoms with Gasteiger partial charge in [-0.15, -0.1) is 0 Å². The number of fused-ring (bicyclic) bond motifs is 1. The molecule has 0 saturated carbocycles. The number of hydrogen-bond acceptors (Lipinski definition) is 5. The van der Waals surface area contributed by atoms with Gasteiger partial charge in [0.1, 0.15) is 18.1 Å². The maximum atomic E-state index is 5.98. The van der Waals surface area contributed by atoms with Gasteiger partial charge in [-0.25, -0.2) is 0 Å². The Morgan fingerprint density at radius 1 is 1.25 bits per heavy atom. The Kier molecular flexibility index (Phi) is 4.10. The highest BCUT2D eigenvalue weighted by Gasteiger charge is 2.26. The van der Waals surface area contributed by atoms with Crippen LogP contribution in [0.4, 0.5) is 0 Å². The highest BCUT2D eigenvalue weighted by molar-refractivity contribution is 5.46. The van der Waals surface area contributed by atoms with Gasteiger partial charge in [0, 0.05) is 12.1 Å². The summed E-state index contributed by atoms with van der Waals surface area (Å²) in [7, 11) is 0. The molecule has 2 heterocycles. The standard InChI is InChI=1S/C15H23N3O2/c16-12-10-11-13(4-3-5-14(11)20-15(12)17)19-9-8-18-6-1-2-7-18/h3-5,12,15H,1-2,6-10,16-17H2/t12-,15?/m0/s1. The molecule has 0 spiro atoms. The molecule has 3 rings (SSSR count). The average molecular weight is 277 g/mol. The number of benzene rings is 1. The van der Waals surface area contributed by atoms with E-state index in [0.29, 0.717) is 13.0 Å². The third kappa shape index (κ3) is 2.90. The van der Waals surface area contributed by atoms with Crippen LogP contribution in [0, 0.1) is 0 Å². The van der Waals surface area contributed by atoms with Crippen LogP contribution in [-0.4, -0.2) is 43.4 Å². The van der Waals surface area contributed by atoms with Gasteiger partial charge >= 0.3 is 0 Å². The zero-order chi connectivity index (χ0) is 13.9. The second-order valence-electron chi connectivity index (χ2n) is 5.58. The summed E-state index contributed by atoms with van der Waals surface area (Å²) in [6.07, 6.45) is 2.89. The van der Waals surface area contributed by atoms with Crippen molar-refractivity contribution in [1.82, 2.24) is 4.90 Å². The third-order valence-corrected chi connectivity index (χ3v) is 4.08. The number of nitrogens with zero attached hydrogens (tertiary/aromatic N) is 1. The van der Waals surface area contributed by atoms with Crippen molar-refractivity contribution in [2.75, 3.05) is 26.2 Å². The first-order valence-corrected chi connectivity index (χ1v) is 7.39. The molecular weight excluding hydrogens is 254 g/mol. The zero-order valence-electron chi connectivity index (χ0n) is 11.8. The molecule has 4 N–H and O–H groups in total. The van der Waals surface area contributed by atoms with Crippen LogP contribution in [0.3, 0.4) is 0 Å². The molecule has 0 radical (unpaired) electrons. The molecule has 1 aromatic carbocycles. The first-order chi connectivity index (χ1) is 9.74. The second kappa shape index (κ2) is 5.99. The van der Waals surface area contributed by atoms with Crippen LogP contribution in [0.15, 0.2) is 18.2 Å². The van der Waals surface area contributed by atoms with E-state index < -0.39 is 6.23 Å². The Morgan fingerprint density at radius 2 is 2.05 bits per heavy atom. The fourth-order valence-corrected chi connectivity index (χ4v) is 2.87. The molecule has 2 aliphatic heterocycles. The van der Waals surface area contributed by atoms with Crippen molar-refractivity contribution >= 4 is 0 Å². The lowest BCUT2D eigenvalue weighted by Gasteiger charge is -2.29. The Labute approximate surface area is 119 Å². The summed E-state index contributed by atoms with van der Waals surface area (Å²) in [6.45, 7) is 4.08. The predicted molar refractivity (Wildman–Crippen MR) is 77.9 cm³/mol. The molecule has 2 atom stereocenters. The van der Waals surface area contributed by atoms with E-state index in [0.717, 1.165) is 23.6 Å². The molecule has 0 bridgehead atoms. The van der Waals surface area contributed by atoms with Crippen molar-refractivity contribution in [2.45, 2.75) is 31.5 Å². The molecule has 0 aromatic heterocycles. The average Bonchev–Trinajstić information content (AvgIpc) is 2.94. The van der Waals surface area contributed by atoms with Crippen LogP contribution in [0.5, 0.6) is 11.5 Å². The Hall–Kier alpha value is -1.30. The lowest BCUT2D eigenvalue weighted by atomic mass is 10.0. The molecule has 5 heteroatoms. The Balaban J connectivity index is 1.63. The minimum atomic E-state index is -0.428. The lowest BCUT2D eigenvalue weighted by molar-refractivity contribution is 0.154. The van der Waals surface area contributed by atoms with Gasteiger partial charge in [0.05, 0.1) is 6.04 Å². The smallest absolute Gasteiger partial charge is 0.163 e. The summed E-state index contributed by atoms with van der Waals surface area (Å²) in [5.74, 6) is 1.68. The summed E-state index contributed by atoms with van der Waals surface area (Å²) in [4.78, 5) is 2.44. The first-order valence-electron chi connectivity index (χ1n) is 7.39. The minimum Gasteiger partial charge on any atom is -0.492 e. The molecule has 1 aromatic rings. The lowest BCUT2D eigenvalue weighted by Crippen LogP contribution is -2.49.